The first-order valence-electron chi connectivity index (χ1n) is 8.07. The van der Waals surface area contributed by atoms with Crippen LogP contribution in [-0.2, 0) is 5.41 Å². The van der Waals surface area contributed by atoms with Crippen LogP contribution in [0, 0.1) is 0 Å². The van der Waals surface area contributed by atoms with Gasteiger partial charge >= 0.3 is 0 Å². The molecule has 1 aromatic carbocycles. The molecule has 1 heterocycles. The van der Waals surface area contributed by atoms with Gasteiger partial charge in [-0.3, -0.25) is 4.90 Å². The Bertz CT molecular complexity index is 436. The van der Waals surface area contributed by atoms with Crippen molar-refractivity contribution < 1.29 is 4.74 Å². The van der Waals surface area contributed by atoms with Gasteiger partial charge in [0, 0.05) is 31.7 Å². The minimum atomic E-state index is 0.199. The second kappa shape index (κ2) is 6.80. The van der Waals surface area contributed by atoms with E-state index in [1.54, 1.807) is 0 Å². The number of piperazine rings is 1. The Morgan fingerprint density at radius 2 is 1.86 bits per heavy atom. The van der Waals surface area contributed by atoms with Gasteiger partial charge in [0.05, 0.1) is 0 Å². The summed E-state index contributed by atoms with van der Waals surface area (Å²) in [6, 6.07) is 9.69. The fourth-order valence-electron chi connectivity index (χ4n) is 2.74. The van der Waals surface area contributed by atoms with Gasteiger partial charge in [0.2, 0.25) is 0 Å². The molecule has 1 aliphatic rings. The van der Waals surface area contributed by atoms with Crippen molar-refractivity contribution in [2.75, 3.05) is 26.2 Å². The Morgan fingerprint density at radius 1 is 1.19 bits per heavy atom. The second-order valence-electron chi connectivity index (χ2n) is 7.28. The van der Waals surface area contributed by atoms with Gasteiger partial charge in [-0.1, -0.05) is 32.9 Å². The van der Waals surface area contributed by atoms with Gasteiger partial charge in [0.25, 0.3) is 0 Å². The third-order valence-electron chi connectivity index (χ3n) is 4.26. The molecule has 21 heavy (non-hydrogen) atoms. The van der Waals surface area contributed by atoms with Crippen molar-refractivity contribution in [3.8, 4) is 5.75 Å². The maximum Gasteiger partial charge on any atom is 0.119 e. The van der Waals surface area contributed by atoms with Crippen LogP contribution >= 0.6 is 0 Å². The zero-order chi connectivity index (χ0) is 15.5. The fourth-order valence-corrected chi connectivity index (χ4v) is 2.74. The van der Waals surface area contributed by atoms with Crippen molar-refractivity contribution in [1.29, 1.82) is 0 Å². The standard InChI is InChI=1S/C18H30N2O/c1-14-13-20(15(2)12-19-14)10-11-21-17-8-6-16(7-9-17)18(3,4)5/h6-9,14-15,19H,10-13H2,1-5H3. The summed E-state index contributed by atoms with van der Waals surface area (Å²) in [6.07, 6.45) is 0. The van der Waals surface area contributed by atoms with Gasteiger partial charge in [-0.2, -0.15) is 0 Å². The molecule has 1 aliphatic heterocycles. The highest BCUT2D eigenvalue weighted by Crippen LogP contribution is 2.24. The molecule has 0 bridgehead atoms. The SMILES string of the molecule is CC1CN(CCOc2ccc(C(C)(C)C)cc2)C(C)CN1. The average molecular weight is 290 g/mol. The Balaban J connectivity index is 1.80. The highest BCUT2D eigenvalue weighted by molar-refractivity contribution is 5.31. The van der Waals surface area contributed by atoms with E-state index in [1.807, 2.05) is 0 Å². The summed E-state index contributed by atoms with van der Waals surface area (Å²) in [5.41, 5.74) is 1.55. The van der Waals surface area contributed by atoms with Crippen LogP contribution in [0.4, 0.5) is 0 Å². The Labute approximate surface area is 129 Å². The maximum absolute atomic E-state index is 5.90. The van der Waals surface area contributed by atoms with Crippen LogP contribution in [0.2, 0.25) is 0 Å². The topological polar surface area (TPSA) is 24.5 Å². The first kappa shape index (κ1) is 16.3. The molecule has 0 aliphatic carbocycles. The molecule has 2 rings (SSSR count). The predicted octanol–water partition coefficient (Wildman–Crippen LogP) is 3.05. The van der Waals surface area contributed by atoms with Crippen LogP contribution < -0.4 is 10.1 Å². The summed E-state index contributed by atoms with van der Waals surface area (Å²) in [7, 11) is 0. The Kier molecular flexibility index (Phi) is 5.28. The minimum Gasteiger partial charge on any atom is -0.492 e. The molecule has 0 radical (unpaired) electrons. The largest absolute Gasteiger partial charge is 0.492 e. The van der Waals surface area contributed by atoms with Crippen LogP contribution in [-0.4, -0.2) is 43.2 Å². The predicted molar refractivity (Wildman–Crippen MR) is 89.1 cm³/mol. The van der Waals surface area contributed by atoms with Gasteiger partial charge in [-0.15, -0.1) is 0 Å². The number of rotatable bonds is 4. The Hall–Kier alpha value is -1.06. The maximum atomic E-state index is 5.90. The summed E-state index contributed by atoms with van der Waals surface area (Å²) in [5, 5.41) is 3.51. The molecule has 1 aromatic rings. The highest BCUT2D eigenvalue weighted by atomic mass is 16.5. The normalized spacial score (nSPS) is 24.0. The van der Waals surface area contributed by atoms with Crippen molar-refractivity contribution in [1.82, 2.24) is 10.2 Å². The summed E-state index contributed by atoms with van der Waals surface area (Å²) in [5.74, 6) is 0.971. The molecule has 118 valence electrons. The monoisotopic (exact) mass is 290 g/mol. The second-order valence-corrected chi connectivity index (χ2v) is 7.28. The molecular weight excluding hydrogens is 260 g/mol. The van der Waals surface area contributed by atoms with E-state index in [4.69, 9.17) is 4.74 Å². The van der Waals surface area contributed by atoms with E-state index in [-0.39, 0.29) is 5.41 Å². The molecule has 0 spiro atoms. The van der Waals surface area contributed by atoms with Crippen LogP contribution in [0.25, 0.3) is 0 Å². The number of benzene rings is 1. The van der Waals surface area contributed by atoms with Crippen LogP contribution in [0.3, 0.4) is 0 Å². The molecule has 1 N–H and O–H groups in total. The number of hydrogen-bond donors (Lipinski definition) is 1. The first-order valence-corrected chi connectivity index (χ1v) is 8.07. The molecule has 3 nitrogen and oxygen atoms in total. The average Bonchev–Trinajstić information content (AvgIpc) is 2.42. The summed E-state index contributed by atoms with van der Waals surface area (Å²) < 4.78 is 5.90. The fraction of sp³-hybridized carbons (Fsp3) is 0.667. The molecular formula is C18H30N2O. The summed E-state index contributed by atoms with van der Waals surface area (Å²) in [6.45, 7) is 15.1. The first-order chi connectivity index (χ1) is 9.86. The number of nitrogens with zero attached hydrogens (tertiary/aromatic N) is 1. The third kappa shape index (κ3) is 4.72. The van der Waals surface area contributed by atoms with E-state index in [9.17, 15) is 0 Å². The van der Waals surface area contributed by atoms with E-state index < -0.39 is 0 Å². The van der Waals surface area contributed by atoms with Gasteiger partial charge in [0.15, 0.2) is 0 Å². The van der Waals surface area contributed by atoms with Crippen LogP contribution in [0.5, 0.6) is 5.75 Å². The lowest BCUT2D eigenvalue weighted by atomic mass is 9.87. The lowest BCUT2D eigenvalue weighted by molar-refractivity contribution is 0.123. The van der Waals surface area contributed by atoms with E-state index in [2.05, 4.69) is 69.1 Å². The molecule has 0 aromatic heterocycles. The molecule has 0 saturated carbocycles. The van der Waals surface area contributed by atoms with Gasteiger partial charge < -0.3 is 10.1 Å². The summed E-state index contributed by atoms with van der Waals surface area (Å²) in [4.78, 5) is 2.50. The lowest BCUT2D eigenvalue weighted by Crippen LogP contribution is -2.55. The quantitative estimate of drug-likeness (QED) is 0.922. The third-order valence-corrected chi connectivity index (χ3v) is 4.26. The van der Waals surface area contributed by atoms with E-state index in [0.717, 1.165) is 32.0 Å². The smallest absolute Gasteiger partial charge is 0.119 e. The van der Waals surface area contributed by atoms with Gasteiger partial charge in [0.1, 0.15) is 12.4 Å². The van der Waals surface area contributed by atoms with Crippen LogP contribution in [0.15, 0.2) is 24.3 Å². The van der Waals surface area contributed by atoms with E-state index in [0.29, 0.717) is 12.1 Å². The van der Waals surface area contributed by atoms with E-state index in [1.165, 1.54) is 5.56 Å². The van der Waals surface area contributed by atoms with Gasteiger partial charge in [-0.25, -0.2) is 0 Å². The lowest BCUT2D eigenvalue weighted by Gasteiger charge is -2.37. The molecule has 0 amide bonds. The van der Waals surface area contributed by atoms with E-state index >= 15 is 0 Å². The van der Waals surface area contributed by atoms with Crippen molar-refractivity contribution in [2.45, 2.75) is 52.1 Å². The van der Waals surface area contributed by atoms with Gasteiger partial charge in [-0.05, 0) is 37.0 Å². The minimum absolute atomic E-state index is 0.199. The zero-order valence-electron chi connectivity index (χ0n) is 14.1. The zero-order valence-corrected chi connectivity index (χ0v) is 14.1. The van der Waals surface area contributed by atoms with Crippen molar-refractivity contribution in [2.24, 2.45) is 0 Å². The summed E-state index contributed by atoms with van der Waals surface area (Å²) >= 11 is 0. The van der Waals surface area contributed by atoms with Crippen molar-refractivity contribution in [3.63, 3.8) is 0 Å². The number of ether oxygens (including phenoxy) is 1. The van der Waals surface area contributed by atoms with Crippen molar-refractivity contribution >= 4 is 0 Å². The molecule has 2 unspecified atom stereocenters. The molecule has 1 fully saturated rings. The number of nitrogens with one attached hydrogen (secondary N) is 1. The van der Waals surface area contributed by atoms with Crippen LogP contribution in [0.1, 0.15) is 40.2 Å². The van der Waals surface area contributed by atoms with Crippen molar-refractivity contribution in [3.05, 3.63) is 29.8 Å². The number of hydrogen-bond acceptors (Lipinski definition) is 3. The molecule has 1 saturated heterocycles. The molecule has 2 atom stereocenters. The Morgan fingerprint density at radius 3 is 2.48 bits per heavy atom. The highest BCUT2D eigenvalue weighted by Gasteiger charge is 2.21. The molecule has 3 heteroatoms.